The number of aromatic carboxylic acids is 1. The lowest BCUT2D eigenvalue weighted by Crippen LogP contribution is -2.52. The Morgan fingerprint density at radius 3 is 2.67 bits per heavy atom. The van der Waals surface area contributed by atoms with Crippen molar-refractivity contribution in [2.45, 2.75) is 38.6 Å². The van der Waals surface area contributed by atoms with Gasteiger partial charge in [0.1, 0.15) is 5.52 Å². The molecule has 2 heterocycles. The van der Waals surface area contributed by atoms with E-state index >= 15 is 0 Å². The number of anilines is 1. The van der Waals surface area contributed by atoms with Crippen molar-refractivity contribution in [2.24, 2.45) is 17.8 Å². The summed E-state index contributed by atoms with van der Waals surface area (Å²) in [6.45, 7) is 2.16. The van der Waals surface area contributed by atoms with Gasteiger partial charge in [-0.15, -0.1) is 5.10 Å². The predicted molar refractivity (Wildman–Crippen MR) is 97.9 cm³/mol. The Morgan fingerprint density at radius 2 is 2.00 bits per heavy atom. The van der Waals surface area contributed by atoms with Gasteiger partial charge < -0.3 is 15.2 Å². The molecule has 2 unspecified atom stereocenters. The van der Waals surface area contributed by atoms with Crippen LogP contribution in [-0.4, -0.2) is 44.3 Å². The Morgan fingerprint density at radius 1 is 1.30 bits per heavy atom. The van der Waals surface area contributed by atoms with Crippen molar-refractivity contribution in [3.63, 3.8) is 0 Å². The van der Waals surface area contributed by atoms with Crippen molar-refractivity contribution in [1.82, 2.24) is 14.6 Å². The van der Waals surface area contributed by atoms with Crippen LogP contribution in [0.4, 0.5) is 5.82 Å². The molecular formula is C18H21ClN4O4. The fraction of sp³-hybridized carbons (Fsp3) is 0.556. The zero-order chi connectivity index (χ0) is 19.1. The lowest BCUT2D eigenvalue weighted by Gasteiger charge is -2.47. The molecule has 27 heavy (non-hydrogen) atoms. The number of carboxylic acid groups (broad SMARTS) is 1. The maximum absolute atomic E-state index is 12.6. The maximum Gasteiger partial charge on any atom is 0.354 e. The molecule has 3 aliphatic carbocycles. The number of aromatic nitrogens is 3. The van der Waals surface area contributed by atoms with Gasteiger partial charge in [0.15, 0.2) is 11.5 Å². The van der Waals surface area contributed by atoms with Crippen molar-refractivity contribution >= 4 is 34.9 Å². The number of nitrogens with zero attached hydrogens (tertiary/aromatic N) is 3. The van der Waals surface area contributed by atoms with E-state index in [9.17, 15) is 14.7 Å². The molecule has 0 spiro atoms. The van der Waals surface area contributed by atoms with E-state index in [0.29, 0.717) is 29.8 Å². The summed E-state index contributed by atoms with van der Waals surface area (Å²) in [6, 6.07) is 2.99. The second kappa shape index (κ2) is 6.99. The smallest absolute Gasteiger partial charge is 0.354 e. The molecule has 3 saturated carbocycles. The number of carbonyl (C=O) groups is 2. The van der Waals surface area contributed by atoms with Crippen LogP contribution in [0.15, 0.2) is 12.1 Å². The number of nitrogens with one attached hydrogen (secondary N) is 1. The van der Waals surface area contributed by atoms with Gasteiger partial charge in [-0.2, -0.15) is 4.98 Å². The molecule has 2 aromatic heterocycles. The van der Waals surface area contributed by atoms with Crippen LogP contribution >= 0.6 is 11.6 Å². The number of hydrogen-bond donors (Lipinski definition) is 2. The molecule has 2 N–H and O–H groups in total. The van der Waals surface area contributed by atoms with Gasteiger partial charge in [0.05, 0.1) is 12.5 Å². The van der Waals surface area contributed by atoms with Crippen molar-refractivity contribution in [3.05, 3.63) is 23.1 Å². The fourth-order valence-corrected chi connectivity index (χ4v) is 4.79. The molecule has 5 rings (SSSR count). The summed E-state index contributed by atoms with van der Waals surface area (Å²) in [4.78, 5) is 28.3. The minimum absolute atomic E-state index is 0.00413. The fourth-order valence-electron chi connectivity index (χ4n) is 4.63. The van der Waals surface area contributed by atoms with Crippen LogP contribution in [0.3, 0.4) is 0 Å². The number of halogens is 1. The Labute approximate surface area is 160 Å². The first-order valence-corrected chi connectivity index (χ1v) is 9.59. The van der Waals surface area contributed by atoms with E-state index in [0.717, 1.165) is 25.7 Å². The first kappa shape index (κ1) is 18.0. The lowest BCUT2D eigenvalue weighted by atomic mass is 9.61. The molecule has 0 aromatic carbocycles. The zero-order valence-corrected chi connectivity index (χ0v) is 15.6. The summed E-state index contributed by atoms with van der Waals surface area (Å²) in [5.74, 6) is -0.443. The topological polar surface area (TPSA) is 106 Å². The van der Waals surface area contributed by atoms with E-state index in [1.54, 1.807) is 6.07 Å². The van der Waals surface area contributed by atoms with Crippen LogP contribution < -0.4 is 5.32 Å². The van der Waals surface area contributed by atoms with Crippen LogP contribution in [-0.2, 0) is 9.53 Å². The first-order valence-electron chi connectivity index (χ1n) is 9.21. The molecule has 0 amide bonds. The summed E-state index contributed by atoms with van der Waals surface area (Å²) in [5.41, 5.74) is 0.519. The molecule has 3 aliphatic rings. The molecule has 2 bridgehead atoms. The minimum atomic E-state index is -1.10. The Kier molecular flexibility index (Phi) is 4.67. The van der Waals surface area contributed by atoms with Crippen molar-refractivity contribution in [2.75, 3.05) is 11.9 Å². The SMILES string of the molecule is CCOC(=O)C1C2CCC(CC2)C1Nc1nc(Cl)nn2c(C(=O)O)ccc12. The third kappa shape index (κ3) is 3.12. The first-order chi connectivity index (χ1) is 13.0. The molecule has 8 nitrogen and oxygen atoms in total. The maximum atomic E-state index is 12.6. The third-order valence-electron chi connectivity index (χ3n) is 5.79. The standard InChI is InChI=1S/C18H21ClN4O4/c1-2-27-17(26)13-9-3-5-10(6-4-9)14(13)20-15-11-7-8-12(16(24)25)23(11)22-18(19)21-15/h7-10,13-14H,2-6H2,1H3,(H,24,25)(H,20,21,22). The van der Waals surface area contributed by atoms with Gasteiger partial charge >= 0.3 is 11.9 Å². The second-order valence-electron chi connectivity index (χ2n) is 7.17. The second-order valence-corrected chi connectivity index (χ2v) is 7.51. The van der Waals surface area contributed by atoms with Crippen molar-refractivity contribution in [3.8, 4) is 0 Å². The summed E-state index contributed by atoms with van der Waals surface area (Å²) in [5, 5.41) is 16.7. The Hall–Kier alpha value is -2.35. The van der Waals surface area contributed by atoms with Crippen molar-refractivity contribution < 1.29 is 19.4 Å². The molecule has 3 fully saturated rings. The molecular weight excluding hydrogens is 372 g/mol. The largest absolute Gasteiger partial charge is 0.477 e. The summed E-state index contributed by atoms with van der Waals surface area (Å²) in [7, 11) is 0. The summed E-state index contributed by atoms with van der Waals surface area (Å²) < 4.78 is 6.59. The number of fused-ring (bicyclic) bond motifs is 4. The predicted octanol–water partition coefficient (Wildman–Crippen LogP) is 2.86. The molecule has 9 heteroatoms. The number of ether oxygens (including phenoxy) is 1. The Balaban J connectivity index is 1.71. The van der Waals surface area contributed by atoms with Crippen LogP contribution in [0.2, 0.25) is 5.28 Å². The Bertz CT molecular complexity index is 891. The molecule has 0 radical (unpaired) electrons. The van der Waals surface area contributed by atoms with Gasteiger partial charge in [-0.3, -0.25) is 4.79 Å². The normalized spacial score (nSPS) is 26.9. The van der Waals surface area contributed by atoms with E-state index < -0.39 is 5.97 Å². The van der Waals surface area contributed by atoms with Gasteiger partial charge in [-0.25, -0.2) is 9.31 Å². The summed E-state index contributed by atoms with van der Waals surface area (Å²) in [6.07, 6.45) is 4.16. The quantitative estimate of drug-likeness (QED) is 0.753. The number of esters is 1. The molecule has 0 saturated heterocycles. The number of rotatable bonds is 5. The average molecular weight is 393 g/mol. The van der Waals surface area contributed by atoms with Gasteiger partial charge in [0.2, 0.25) is 5.28 Å². The van der Waals surface area contributed by atoms with E-state index in [1.165, 1.54) is 10.6 Å². The van der Waals surface area contributed by atoms with Gasteiger partial charge in [0.25, 0.3) is 0 Å². The van der Waals surface area contributed by atoms with Crippen molar-refractivity contribution in [1.29, 1.82) is 0 Å². The van der Waals surface area contributed by atoms with Gasteiger partial charge in [-0.1, -0.05) is 0 Å². The number of carboxylic acids is 1. The zero-order valence-electron chi connectivity index (χ0n) is 14.9. The minimum Gasteiger partial charge on any atom is -0.477 e. The van der Waals surface area contributed by atoms with Gasteiger partial charge in [-0.05, 0) is 68.2 Å². The highest BCUT2D eigenvalue weighted by molar-refractivity contribution is 6.28. The number of hydrogen-bond acceptors (Lipinski definition) is 6. The summed E-state index contributed by atoms with van der Waals surface area (Å²) >= 11 is 6.04. The molecule has 0 aliphatic heterocycles. The van der Waals surface area contributed by atoms with E-state index in [2.05, 4.69) is 15.4 Å². The van der Waals surface area contributed by atoms with E-state index in [4.69, 9.17) is 16.3 Å². The van der Waals surface area contributed by atoms with Crippen LogP contribution in [0, 0.1) is 17.8 Å². The average Bonchev–Trinajstić information content (AvgIpc) is 3.07. The van der Waals surface area contributed by atoms with Crippen LogP contribution in [0.1, 0.15) is 43.1 Å². The molecule has 2 atom stereocenters. The van der Waals surface area contributed by atoms with Crippen LogP contribution in [0.25, 0.3) is 5.52 Å². The third-order valence-corrected chi connectivity index (χ3v) is 5.95. The van der Waals surface area contributed by atoms with Gasteiger partial charge in [0, 0.05) is 6.04 Å². The molecule has 144 valence electrons. The highest BCUT2D eigenvalue weighted by Crippen LogP contribution is 2.47. The monoisotopic (exact) mass is 392 g/mol. The number of carbonyl (C=O) groups excluding carboxylic acids is 1. The lowest BCUT2D eigenvalue weighted by molar-refractivity contribution is -0.154. The highest BCUT2D eigenvalue weighted by atomic mass is 35.5. The van der Waals surface area contributed by atoms with E-state index in [1.807, 2.05) is 6.92 Å². The molecule has 2 aromatic rings. The van der Waals surface area contributed by atoms with Crippen LogP contribution in [0.5, 0.6) is 0 Å². The highest BCUT2D eigenvalue weighted by Gasteiger charge is 2.48. The van der Waals surface area contributed by atoms with E-state index in [-0.39, 0.29) is 28.9 Å².